The molecule has 0 saturated carbocycles. The zero-order chi connectivity index (χ0) is 9.59. The van der Waals surface area contributed by atoms with E-state index in [1.807, 2.05) is 20.0 Å². The zero-order valence-electron chi connectivity index (χ0n) is 7.93. The molecule has 0 atom stereocenters. The maximum Gasteiger partial charge on any atom is 0.151 e. The van der Waals surface area contributed by atoms with Crippen molar-refractivity contribution in [2.75, 3.05) is 0 Å². The van der Waals surface area contributed by atoms with Crippen molar-refractivity contribution in [3.8, 4) is 0 Å². The topological polar surface area (TPSA) is 17.8 Å². The van der Waals surface area contributed by atoms with Gasteiger partial charge < -0.3 is 0 Å². The van der Waals surface area contributed by atoms with Crippen LogP contribution in [0.3, 0.4) is 0 Å². The molecule has 0 saturated heterocycles. The van der Waals surface area contributed by atoms with Gasteiger partial charge in [0.25, 0.3) is 0 Å². The van der Waals surface area contributed by atoms with E-state index in [2.05, 4.69) is 5.10 Å². The largest absolute Gasteiger partial charge is 0.274 e. The molecule has 0 spiro atoms. The standard InChI is InChI=1S/C10H11FN2/c1-6-4-9(11)10-8(7(6)2)5-13(3)12-10/h4-5H,1-3H3. The Labute approximate surface area is 76.0 Å². The summed E-state index contributed by atoms with van der Waals surface area (Å²) in [6, 6.07) is 1.53. The van der Waals surface area contributed by atoms with Crippen LogP contribution in [-0.4, -0.2) is 9.78 Å². The van der Waals surface area contributed by atoms with E-state index < -0.39 is 0 Å². The van der Waals surface area contributed by atoms with E-state index in [0.717, 1.165) is 16.5 Å². The predicted octanol–water partition coefficient (Wildman–Crippen LogP) is 2.33. The number of halogens is 1. The molecular formula is C10H11FN2. The fourth-order valence-corrected chi connectivity index (χ4v) is 1.52. The second kappa shape index (κ2) is 2.55. The van der Waals surface area contributed by atoms with Crippen LogP contribution in [0.2, 0.25) is 0 Å². The van der Waals surface area contributed by atoms with Crippen LogP contribution >= 0.6 is 0 Å². The summed E-state index contributed by atoms with van der Waals surface area (Å²) < 4.78 is 15.0. The summed E-state index contributed by atoms with van der Waals surface area (Å²) in [5.74, 6) is -0.237. The molecule has 0 aliphatic heterocycles. The first-order valence-corrected chi connectivity index (χ1v) is 4.18. The molecule has 2 nitrogen and oxygen atoms in total. The molecular weight excluding hydrogens is 167 g/mol. The molecule has 0 amide bonds. The Morgan fingerprint density at radius 3 is 2.77 bits per heavy atom. The first-order chi connectivity index (χ1) is 6.09. The van der Waals surface area contributed by atoms with Gasteiger partial charge in [-0.2, -0.15) is 5.10 Å². The van der Waals surface area contributed by atoms with Gasteiger partial charge in [0.1, 0.15) is 5.52 Å². The highest BCUT2D eigenvalue weighted by atomic mass is 19.1. The summed E-state index contributed by atoms with van der Waals surface area (Å²) in [7, 11) is 1.80. The molecule has 0 bridgehead atoms. The smallest absolute Gasteiger partial charge is 0.151 e. The van der Waals surface area contributed by atoms with Gasteiger partial charge in [0.05, 0.1) is 0 Å². The lowest BCUT2D eigenvalue weighted by molar-refractivity contribution is 0.631. The van der Waals surface area contributed by atoms with Gasteiger partial charge in [-0.15, -0.1) is 0 Å². The first-order valence-electron chi connectivity index (χ1n) is 4.18. The Morgan fingerprint density at radius 1 is 1.38 bits per heavy atom. The second-order valence-corrected chi connectivity index (χ2v) is 3.37. The summed E-state index contributed by atoms with van der Waals surface area (Å²) in [5, 5.41) is 4.96. The van der Waals surface area contributed by atoms with Crippen LogP contribution in [-0.2, 0) is 7.05 Å². The number of aromatic nitrogens is 2. The van der Waals surface area contributed by atoms with Gasteiger partial charge in [-0.05, 0) is 31.0 Å². The quantitative estimate of drug-likeness (QED) is 0.605. The maximum absolute atomic E-state index is 13.4. The van der Waals surface area contributed by atoms with Gasteiger partial charge in [-0.25, -0.2) is 4.39 Å². The van der Waals surface area contributed by atoms with E-state index in [9.17, 15) is 4.39 Å². The zero-order valence-corrected chi connectivity index (χ0v) is 7.93. The number of rotatable bonds is 0. The molecule has 2 aromatic rings. The minimum Gasteiger partial charge on any atom is -0.274 e. The summed E-state index contributed by atoms with van der Waals surface area (Å²) >= 11 is 0. The Bertz CT molecular complexity index is 471. The average Bonchev–Trinajstić information content (AvgIpc) is 2.44. The molecule has 0 fully saturated rings. The Kier molecular flexibility index (Phi) is 1.62. The van der Waals surface area contributed by atoms with Crippen molar-refractivity contribution in [1.29, 1.82) is 0 Å². The van der Waals surface area contributed by atoms with Crippen LogP contribution < -0.4 is 0 Å². The Balaban J connectivity index is 2.95. The number of fused-ring (bicyclic) bond motifs is 1. The van der Waals surface area contributed by atoms with Gasteiger partial charge in [0.2, 0.25) is 0 Å². The first kappa shape index (κ1) is 8.23. The van der Waals surface area contributed by atoms with E-state index in [0.29, 0.717) is 5.52 Å². The number of hydrogen-bond acceptors (Lipinski definition) is 1. The molecule has 1 aromatic heterocycles. The second-order valence-electron chi connectivity index (χ2n) is 3.37. The average molecular weight is 178 g/mol. The minimum atomic E-state index is -0.237. The van der Waals surface area contributed by atoms with E-state index in [1.54, 1.807) is 11.7 Å². The van der Waals surface area contributed by atoms with Gasteiger partial charge >= 0.3 is 0 Å². The third-order valence-corrected chi connectivity index (χ3v) is 2.39. The Morgan fingerprint density at radius 2 is 2.08 bits per heavy atom. The molecule has 68 valence electrons. The highest BCUT2D eigenvalue weighted by Crippen LogP contribution is 2.22. The molecule has 0 aliphatic carbocycles. The molecule has 1 heterocycles. The monoisotopic (exact) mass is 178 g/mol. The summed E-state index contributed by atoms with van der Waals surface area (Å²) in [6.45, 7) is 3.89. The van der Waals surface area contributed by atoms with Crippen LogP contribution in [0.15, 0.2) is 12.3 Å². The molecule has 0 aliphatic rings. The fourth-order valence-electron chi connectivity index (χ4n) is 1.52. The molecule has 0 N–H and O–H groups in total. The molecule has 13 heavy (non-hydrogen) atoms. The van der Waals surface area contributed by atoms with Crippen molar-refractivity contribution >= 4 is 10.9 Å². The van der Waals surface area contributed by atoms with Crippen molar-refractivity contribution in [2.24, 2.45) is 7.05 Å². The molecule has 2 rings (SSSR count). The normalized spacial score (nSPS) is 11.1. The molecule has 3 heteroatoms. The lowest BCUT2D eigenvalue weighted by Gasteiger charge is -2.00. The summed E-state index contributed by atoms with van der Waals surface area (Å²) in [4.78, 5) is 0. The fraction of sp³-hybridized carbons (Fsp3) is 0.300. The van der Waals surface area contributed by atoms with Crippen LogP contribution in [0.5, 0.6) is 0 Å². The number of aryl methyl sites for hydroxylation is 3. The van der Waals surface area contributed by atoms with E-state index in [-0.39, 0.29) is 5.82 Å². The van der Waals surface area contributed by atoms with E-state index in [1.165, 1.54) is 6.07 Å². The third-order valence-electron chi connectivity index (χ3n) is 2.39. The predicted molar refractivity (Wildman–Crippen MR) is 50.1 cm³/mol. The Hall–Kier alpha value is -1.38. The molecule has 1 aromatic carbocycles. The lowest BCUT2D eigenvalue weighted by Crippen LogP contribution is -1.87. The summed E-state index contributed by atoms with van der Waals surface area (Å²) in [6.07, 6.45) is 1.85. The van der Waals surface area contributed by atoms with Gasteiger partial charge in [0.15, 0.2) is 5.82 Å². The van der Waals surface area contributed by atoms with Crippen LogP contribution in [0.4, 0.5) is 4.39 Å². The maximum atomic E-state index is 13.4. The number of hydrogen-bond donors (Lipinski definition) is 0. The number of nitrogens with zero attached hydrogens (tertiary/aromatic N) is 2. The minimum absolute atomic E-state index is 0.237. The van der Waals surface area contributed by atoms with Crippen LogP contribution in [0.25, 0.3) is 10.9 Å². The third kappa shape index (κ3) is 1.11. The van der Waals surface area contributed by atoms with Gasteiger partial charge in [-0.1, -0.05) is 0 Å². The van der Waals surface area contributed by atoms with Crippen LogP contribution in [0, 0.1) is 19.7 Å². The molecule has 0 unspecified atom stereocenters. The lowest BCUT2D eigenvalue weighted by atomic mass is 10.1. The van der Waals surface area contributed by atoms with Crippen molar-refractivity contribution < 1.29 is 4.39 Å². The SMILES string of the molecule is Cc1cc(F)c2nn(C)cc2c1C. The van der Waals surface area contributed by atoms with Crippen molar-refractivity contribution in [1.82, 2.24) is 9.78 Å². The highest BCUT2D eigenvalue weighted by molar-refractivity contribution is 5.83. The molecule has 0 radical (unpaired) electrons. The summed E-state index contributed by atoms with van der Waals surface area (Å²) in [5.41, 5.74) is 2.54. The van der Waals surface area contributed by atoms with E-state index in [4.69, 9.17) is 0 Å². The van der Waals surface area contributed by atoms with Crippen molar-refractivity contribution in [2.45, 2.75) is 13.8 Å². The number of benzene rings is 1. The van der Waals surface area contributed by atoms with Gasteiger partial charge in [0, 0.05) is 18.6 Å². The van der Waals surface area contributed by atoms with E-state index >= 15 is 0 Å². The van der Waals surface area contributed by atoms with Crippen molar-refractivity contribution in [3.05, 3.63) is 29.2 Å². The van der Waals surface area contributed by atoms with Crippen molar-refractivity contribution in [3.63, 3.8) is 0 Å². The van der Waals surface area contributed by atoms with Gasteiger partial charge in [-0.3, -0.25) is 4.68 Å². The highest BCUT2D eigenvalue weighted by Gasteiger charge is 2.09. The van der Waals surface area contributed by atoms with Crippen LogP contribution in [0.1, 0.15) is 11.1 Å².